The Kier molecular flexibility index (Phi) is 2.27. The molecule has 0 bridgehead atoms. The fourth-order valence-electron chi connectivity index (χ4n) is 1.59. The molecule has 1 aromatic heterocycles. The van der Waals surface area contributed by atoms with E-state index in [1.54, 1.807) is 0 Å². The van der Waals surface area contributed by atoms with E-state index in [-0.39, 0.29) is 0 Å². The van der Waals surface area contributed by atoms with E-state index >= 15 is 0 Å². The number of aryl methyl sites for hydroxylation is 2. The summed E-state index contributed by atoms with van der Waals surface area (Å²) < 4.78 is 6.54. The van der Waals surface area contributed by atoms with Gasteiger partial charge in [-0.15, -0.1) is 0 Å². The Morgan fingerprint density at radius 1 is 1.14 bits per heavy atom. The molecule has 14 heavy (non-hydrogen) atoms. The minimum absolute atomic E-state index is 0.434. The van der Waals surface area contributed by atoms with Gasteiger partial charge in [-0.05, 0) is 44.1 Å². The quantitative estimate of drug-likeness (QED) is 0.729. The van der Waals surface area contributed by atoms with Crippen molar-refractivity contribution in [3.05, 3.63) is 26.0 Å². The molecule has 0 radical (unpaired) electrons. The van der Waals surface area contributed by atoms with Gasteiger partial charge in [-0.3, -0.25) is 0 Å². The van der Waals surface area contributed by atoms with Gasteiger partial charge in [0.25, 0.3) is 4.84 Å². The molecule has 1 heterocycles. The summed E-state index contributed by atoms with van der Waals surface area (Å²) >= 11 is 8.53. The summed E-state index contributed by atoms with van der Waals surface area (Å²) in [5, 5.41) is 0. The Hall–Kier alpha value is -0.610. The van der Waals surface area contributed by atoms with Crippen LogP contribution in [-0.2, 0) is 0 Å². The molecule has 1 aromatic carbocycles. The lowest BCUT2D eigenvalue weighted by molar-refractivity contribution is 0.581. The minimum atomic E-state index is 0.434. The molecule has 0 unspecified atom stereocenters. The zero-order valence-corrected chi connectivity index (χ0v) is 10.6. The molecule has 0 aliphatic rings. The van der Waals surface area contributed by atoms with Crippen LogP contribution in [-0.4, -0.2) is 4.98 Å². The predicted molar refractivity (Wildman–Crippen MR) is 63.3 cm³/mol. The Balaban J connectivity index is 3.08. The number of hydrogen-bond donors (Lipinski definition) is 1. The molecule has 2 rings (SSSR count). The van der Waals surface area contributed by atoms with Crippen LogP contribution in [0.25, 0.3) is 11.1 Å². The number of benzene rings is 1. The van der Waals surface area contributed by atoms with Gasteiger partial charge in [-0.25, -0.2) is 0 Å². The summed E-state index contributed by atoms with van der Waals surface area (Å²) in [7, 11) is 0. The highest BCUT2D eigenvalue weighted by Crippen LogP contribution is 2.32. The lowest BCUT2D eigenvalue weighted by atomic mass is 10.1. The maximum Gasteiger partial charge on any atom is 0.266 e. The molecule has 0 fully saturated rings. The number of aromatic nitrogens is 1. The van der Waals surface area contributed by atoms with E-state index < -0.39 is 0 Å². The largest absolute Gasteiger partial charge is 0.429 e. The standard InChI is InChI=1S/C10H10BrNOS/c1-4-5(2)8-9(6(3)7(4)11)13-10(14)12-8/h1-3H3,(H,12,14). The van der Waals surface area contributed by atoms with Gasteiger partial charge in [0.2, 0.25) is 0 Å². The first-order chi connectivity index (χ1) is 6.52. The van der Waals surface area contributed by atoms with Gasteiger partial charge in [0.05, 0.1) is 5.52 Å². The molecule has 2 nitrogen and oxygen atoms in total. The van der Waals surface area contributed by atoms with Crippen LogP contribution in [0.3, 0.4) is 0 Å². The second-order valence-corrected chi connectivity index (χ2v) is 4.57. The normalized spacial score (nSPS) is 11.1. The van der Waals surface area contributed by atoms with Gasteiger partial charge in [0.15, 0.2) is 5.58 Å². The molecule has 4 heteroatoms. The van der Waals surface area contributed by atoms with Gasteiger partial charge in [0, 0.05) is 10.0 Å². The number of H-pyrrole nitrogens is 1. The van der Waals surface area contributed by atoms with Crippen LogP contribution in [0.15, 0.2) is 8.89 Å². The van der Waals surface area contributed by atoms with E-state index in [0.29, 0.717) is 4.84 Å². The van der Waals surface area contributed by atoms with Crippen molar-refractivity contribution in [2.24, 2.45) is 0 Å². The molecule has 2 aromatic rings. The van der Waals surface area contributed by atoms with Crippen LogP contribution >= 0.6 is 28.1 Å². The van der Waals surface area contributed by atoms with Crippen molar-refractivity contribution < 1.29 is 4.42 Å². The lowest BCUT2D eigenvalue weighted by Gasteiger charge is -2.06. The summed E-state index contributed by atoms with van der Waals surface area (Å²) in [4.78, 5) is 3.50. The summed E-state index contributed by atoms with van der Waals surface area (Å²) in [5.74, 6) is 0. The van der Waals surface area contributed by atoms with Gasteiger partial charge >= 0.3 is 0 Å². The third-order valence-corrected chi connectivity index (χ3v) is 3.96. The Bertz CT molecular complexity index is 519. The summed E-state index contributed by atoms with van der Waals surface area (Å²) in [5.41, 5.74) is 5.35. The second kappa shape index (κ2) is 3.21. The zero-order chi connectivity index (χ0) is 10.5. The number of nitrogens with one attached hydrogen (secondary N) is 1. The molecule has 1 N–H and O–H groups in total. The van der Waals surface area contributed by atoms with Gasteiger partial charge < -0.3 is 9.40 Å². The van der Waals surface area contributed by atoms with Crippen LogP contribution in [0.2, 0.25) is 0 Å². The molecule has 0 saturated carbocycles. The van der Waals surface area contributed by atoms with Crippen molar-refractivity contribution in [2.45, 2.75) is 20.8 Å². The van der Waals surface area contributed by atoms with E-state index in [4.69, 9.17) is 16.6 Å². The molecule has 0 aliphatic carbocycles. The van der Waals surface area contributed by atoms with Crippen molar-refractivity contribution in [1.82, 2.24) is 4.98 Å². The van der Waals surface area contributed by atoms with E-state index in [1.165, 1.54) is 11.1 Å². The molecule has 0 atom stereocenters. The van der Waals surface area contributed by atoms with Crippen molar-refractivity contribution in [3.63, 3.8) is 0 Å². The molecular weight excluding hydrogens is 262 g/mol. The number of rotatable bonds is 0. The van der Waals surface area contributed by atoms with Crippen molar-refractivity contribution >= 4 is 39.2 Å². The van der Waals surface area contributed by atoms with Crippen LogP contribution in [0.5, 0.6) is 0 Å². The number of hydrogen-bond acceptors (Lipinski definition) is 2. The Labute approximate surface area is 95.4 Å². The number of aromatic amines is 1. The van der Waals surface area contributed by atoms with E-state index in [0.717, 1.165) is 21.1 Å². The van der Waals surface area contributed by atoms with Gasteiger partial charge in [0.1, 0.15) is 0 Å². The van der Waals surface area contributed by atoms with E-state index in [9.17, 15) is 0 Å². The molecule has 0 amide bonds. The molecule has 0 saturated heterocycles. The van der Waals surface area contributed by atoms with Gasteiger partial charge in [-0.2, -0.15) is 0 Å². The molecular formula is C10H10BrNOS. The van der Waals surface area contributed by atoms with Crippen molar-refractivity contribution in [1.29, 1.82) is 0 Å². The fourth-order valence-corrected chi connectivity index (χ4v) is 2.25. The summed E-state index contributed by atoms with van der Waals surface area (Å²) in [6.45, 7) is 6.16. The van der Waals surface area contributed by atoms with Crippen molar-refractivity contribution in [2.75, 3.05) is 0 Å². The Morgan fingerprint density at radius 2 is 1.79 bits per heavy atom. The topological polar surface area (TPSA) is 28.9 Å². The number of oxazole rings is 1. The van der Waals surface area contributed by atoms with E-state index in [1.807, 2.05) is 6.92 Å². The average molecular weight is 272 g/mol. The number of halogens is 1. The summed E-state index contributed by atoms with van der Waals surface area (Å²) in [6, 6.07) is 0. The minimum Gasteiger partial charge on any atom is -0.429 e. The SMILES string of the molecule is Cc1c(Br)c(C)c2oc(=S)[nH]c2c1C. The smallest absolute Gasteiger partial charge is 0.266 e. The number of fused-ring (bicyclic) bond motifs is 1. The molecule has 0 aliphatic heterocycles. The van der Waals surface area contributed by atoms with Gasteiger partial charge in [-0.1, -0.05) is 15.9 Å². The first kappa shape index (κ1) is 9.93. The lowest BCUT2D eigenvalue weighted by Crippen LogP contribution is -1.89. The van der Waals surface area contributed by atoms with Crippen LogP contribution in [0, 0.1) is 25.6 Å². The first-order valence-electron chi connectivity index (χ1n) is 4.30. The molecule has 0 spiro atoms. The van der Waals surface area contributed by atoms with Crippen LogP contribution in [0.1, 0.15) is 16.7 Å². The summed E-state index contributed by atoms with van der Waals surface area (Å²) in [6.07, 6.45) is 0. The van der Waals surface area contributed by atoms with Crippen LogP contribution < -0.4 is 0 Å². The third kappa shape index (κ3) is 1.25. The average Bonchev–Trinajstić information content (AvgIpc) is 2.54. The third-order valence-electron chi connectivity index (χ3n) is 2.59. The maximum atomic E-state index is 5.44. The fraction of sp³-hybridized carbons (Fsp3) is 0.300. The second-order valence-electron chi connectivity index (χ2n) is 3.41. The highest BCUT2D eigenvalue weighted by Gasteiger charge is 2.12. The highest BCUT2D eigenvalue weighted by atomic mass is 79.9. The van der Waals surface area contributed by atoms with E-state index in [2.05, 4.69) is 34.8 Å². The highest BCUT2D eigenvalue weighted by molar-refractivity contribution is 9.10. The molecule has 74 valence electrons. The Morgan fingerprint density at radius 3 is 2.43 bits per heavy atom. The maximum absolute atomic E-state index is 5.44. The predicted octanol–water partition coefficient (Wildman–Crippen LogP) is 4.18. The van der Waals surface area contributed by atoms with Crippen LogP contribution in [0.4, 0.5) is 0 Å². The monoisotopic (exact) mass is 271 g/mol. The first-order valence-corrected chi connectivity index (χ1v) is 5.50. The zero-order valence-electron chi connectivity index (χ0n) is 8.19. The van der Waals surface area contributed by atoms with Crippen molar-refractivity contribution in [3.8, 4) is 0 Å².